The standard InChI is InChI=1S/C44H36Cl2/c1-27-21-23-37(35-17-7-5-13-31(27)35)41-29(3)33-15-9-11-19-39(33)43(41,45)25-26-44(46)40-20-12-10-16-34(40)30(4)42(44)38-24-22-28(2)32-14-6-8-18-36(32)38/h5-24H,25-26H2,1-4H3. The Hall–Kier alpha value is -4.10. The Bertz CT molecular complexity index is 2120. The van der Waals surface area contributed by atoms with Gasteiger partial charge in [0.05, 0.1) is 9.75 Å². The highest BCUT2D eigenvalue weighted by Gasteiger charge is 2.49. The molecule has 2 aliphatic carbocycles. The van der Waals surface area contributed by atoms with Gasteiger partial charge in [0, 0.05) is 0 Å². The van der Waals surface area contributed by atoms with E-state index < -0.39 is 9.75 Å². The van der Waals surface area contributed by atoms with Crippen LogP contribution >= 0.6 is 23.2 Å². The van der Waals surface area contributed by atoms with Crippen LogP contribution in [0.15, 0.2) is 121 Å². The van der Waals surface area contributed by atoms with Crippen LogP contribution < -0.4 is 0 Å². The molecule has 2 unspecified atom stereocenters. The third-order valence-electron chi connectivity index (χ3n) is 10.7. The van der Waals surface area contributed by atoms with Crippen molar-refractivity contribution in [1.82, 2.24) is 0 Å². The van der Waals surface area contributed by atoms with Crippen LogP contribution in [0.5, 0.6) is 0 Å². The molecule has 0 spiro atoms. The van der Waals surface area contributed by atoms with Gasteiger partial charge in [0.1, 0.15) is 0 Å². The molecule has 0 heterocycles. The van der Waals surface area contributed by atoms with Gasteiger partial charge in [0.25, 0.3) is 0 Å². The first-order valence-electron chi connectivity index (χ1n) is 16.2. The molecule has 0 nitrogen and oxygen atoms in total. The highest BCUT2D eigenvalue weighted by Crippen LogP contribution is 2.62. The van der Waals surface area contributed by atoms with Crippen molar-refractivity contribution < 1.29 is 0 Å². The number of benzene rings is 6. The summed E-state index contributed by atoms with van der Waals surface area (Å²) >= 11 is 16.2. The van der Waals surface area contributed by atoms with E-state index in [0.29, 0.717) is 12.8 Å². The summed E-state index contributed by atoms with van der Waals surface area (Å²) in [6.45, 7) is 8.85. The zero-order chi connectivity index (χ0) is 31.8. The Morgan fingerprint density at radius 3 is 1.15 bits per heavy atom. The molecule has 0 N–H and O–H groups in total. The second-order valence-electron chi connectivity index (χ2n) is 13.1. The number of allylic oxidation sites excluding steroid dienone is 4. The van der Waals surface area contributed by atoms with Gasteiger partial charge in [0.2, 0.25) is 0 Å². The minimum Gasteiger partial charge on any atom is -0.109 e. The lowest BCUT2D eigenvalue weighted by Gasteiger charge is -2.34. The number of hydrogen-bond acceptors (Lipinski definition) is 0. The number of fused-ring (bicyclic) bond motifs is 4. The highest BCUT2D eigenvalue weighted by atomic mass is 35.5. The fourth-order valence-corrected chi connectivity index (χ4v) is 9.48. The molecule has 0 saturated carbocycles. The van der Waals surface area contributed by atoms with E-state index in [9.17, 15) is 0 Å². The molecule has 2 heteroatoms. The predicted octanol–water partition coefficient (Wildman–Crippen LogP) is 12.8. The minimum atomic E-state index is -0.744. The van der Waals surface area contributed by atoms with E-state index >= 15 is 0 Å². The van der Waals surface area contributed by atoms with Gasteiger partial charge in [-0.25, -0.2) is 0 Å². The highest BCUT2D eigenvalue weighted by molar-refractivity contribution is 6.36. The minimum absolute atomic E-state index is 0.679. The Balaban J connectivity index is 1.31. The van der Waals surface area contributed by atoms with E-state index in [0.717, 1.165) is 0 Å². The Morgan fingerprint density at radius 1 is 0.391 bits per heavy atom. The molecule has 2 atom stereocenters. The fraction of sp³-hybridized carbons (Fsp3) is 0.182. The summed E-state index contributed by atoms with van der Waals surface area (Å²) < 4.78 is 0. The zero-order valence-corrected chi connectivity index (χ0v) is 28.2. The molecule has 0 saturated heterocycles. The van der Waals surface area contributed by atoms with Crippen LogP contribution in [-0.2, 0) is 9.75 Å². The molecule has 226 valence electrons. The van der Waals surface area contributed by atoms with Crippen molar-refractivity contribution in [2.45, 2.75) is 50.3 Å². The molecular weight excluding hydrogens is 599 g/mol. The van der Waals surface area contributed by atoms with Crippen molar-refractivity contribution in [2.24, 2.45) is 0 Å². The second-order valence-corrected chi connectivity index (χ2v) is 14.4. The van der Waals surface area contributed by atoms with Gasteiger partial charge in [-0.3, -0.25) is 0 Å². The molecule has 0 aliphatic heterocycles. The predicted molar refractivity (Wildman–Crippen MR) is 200 cm³/mol. The summed E-state index contributed by atoms with van der Waals surface area (Å²) in [7, 11) is 0. The summed E-state index contributed by atoms with van der Waals surface area (Å²) in [5.41, 5.74) is 14.6. The summed E-state index contributed by atoms with van der Waals surface area (Å²) in [5.74, 6) is 0. The number of aryl methyl sites for hydroxylation is 2. The Kier molecular flexibility index (Phi) is 6.84. The number of halogens is 2. The van der Waals surface area contributed by atoms with E-state index in [1.165, 1.54) is 88.3 Å². The fourth-order valence-electron chi connectivity index (χ4n) is 8.47. The van der Waals surface area contributed by atoms with Crippen molar-refractivity contribution in [3.05, 3.63) is 166 Å². The van der Waals surface area contributed by atoms with Crippen LogP contribution in [0.2, 0.25) is 0 Å². The van der Waals surface area contributed by atoms with Gasteiger partial charge in [-0.1, -0.05) is 121 Å². The van der Waals surface area contributed by atoms with Crippen molar-refractivity contribution in [2.75, 3.05) is 0 Å². The van der Waals surface area contributed by atoms with E-state index in [1.54, 1.807) is 0 Å². The van der Waals surface area contributed by atoms with E-state index in [4.69, 9.17) is 23.2 Å². The molecule has 8 rings (SSSR count). The lowest BCUT2D eigenvalue weighted by molar-refractivity contribution is 0.583. The molecule has 6 aromatic rings. The largest absolute Gasteiger partial charge is 0.109 e. The molecule has 0 radical (unpaired) electrons. The van der Waals surface area contributed by atoms with Gasteiger partial charge >= 0.3 is 0 Å². The smallest absolute Gasteiger partial charge is 0.0959 e. The third kappa shape index (κ3) is 4.13. The third-order valence-corrected chi connectivity index (χ3v) is 11.9. The van der Waals surface area contributed by atoms with E-state index in [1.807, 2.05) is 0 Å². The SMILES string of the molecule is CC1=C(c2ccc(C)c3ccccc23)C(Cl)(CCC2(Cl)C(c3ccc(C)c4ccccc34)=C(C)c3ccccc32)c2ccccc21. The van der Waals surface area contributed by atoms with E-state index in [2.05, 4.69) is 149 Å². The Labute approximate surface area is 282 Å². The molecule has 2 aliphatic rings. The molecule has 0 aromatic heterocycles. The lowest BCUT2D eigenvalue weighted by Crippen LogP contribution is -2.26. The van der Waals surface area contributed by atoms with Crippen LogP contribution in [0.4, 0.5) is 0 Å². The summed E-state index contributed by atoms with van der Waals surface area (Å²) in [6.07, 6.45) is 1.36. The number of alkyl halides is 2. The molecule has 0 bridgehead atoms. The van der Waals surface area contributed by atoms with Gasteiger partial charge in [0.15, 0.2) is 0 Å². The monoisotopic (exact) mass is 634 g/mol. The normalized spacial score (nSPS) is 20.6. The molecule has 46 heavy (non-hydrogen) atoms. The van der Waals surface area contributed by atoms with Crippen LogP contribution in [0, 0.1) is 13.8 Å². The first-order valence-corrected chi connectivity index (χ1v) is 17.0. The van der Waals surface area contributed by atoms with Crippen LogP contribution in [0.25, 0.3) is 43.8 Å². The number of hydrogen-bond donors (Lipinski definition) is 0. The van der Waals surface area contributed by atoms with Crippen LogP contribution in [0.1, 0.15) is 71.2 Å². The molecular formula is C44H36Cl2. The molecule has 6 aromatic carbocycles. The van der Waals surface area contributed by atoms with Gasteiger partial charge in [-0.15, -0.1) is 23.2 Å². The molecule has 0 amide bonds. The first-order chi connectivity index (χ1) is 22.2. The number of rotatable bonds is 5. The van der Waals surface area contributed by atoms with Gasteiger partial charge in [-0.05, 0) is 129 Å². The maximum atomic E-state index is 8.12. The average Bonchev–Trinajstić information content (AvgIpc) is 3.45. The quantitative estimate of drug-likeness (QED) is 0.165. The van der Waals surface area contributed by atoms with Gasteiger partial charge < -0.3 is 0 Å². The van der Waals surface area contributed by atoms with Crippen molar-refractivity contribution in [3.8, 4) is 0 Å². The topological polar surface area (TPSA) is 0 Å². The van der Waals surface area contributed by atoms with Crippen molar-refractivity contribution in [1.29, 1.82) is 0 Å². The van der Waals surface area contributed by atoms with Gasteiger partial charge in [-0.2, -0.15) is 0 Å². The van der Waals surface area contributed by atoms with Crippen LogP contribution in [-0.4, -0.2) is 0 Å². The van der Waals surface area contributed by atoms with Crippen molar-refractivity contribution >= 4 is 67.0 Å². The zero-order valence-electron chi connectivity index (χ0n) is 26.7. The second kappa shape index (κ2) is 10.7. The lowest BCUT2D eigenvalue weighted by atomic mass is 9.78. The average molecular weight is 636 g/mol. The maximum Gasteiger partial charge on any atom is 0.0959 e. The van der Waals surface area contributed by atoms with E-state index in [-0.39, 0.29) is 0 Å². The molecule has 0 fully saturated rings. The Morgan fingerprint density at radius 2 is 0.739 bits per heavy atom. The maximum absolute atomic E-state index is 8.12. The summed E-state index contributed by atoms with van der Waals surface area (Å²) in [4.78, 5) is -1.49. The van der Waals surface area contributed by atoms with Crippen molar-refractivity contribution in [3.63, 3.8) is 0 Å². The summed E-state index contributed by atoms with van der Waals surface area (Å²) in [5, 5.41) is 5.01. The first kappa shape index (κ1) is 29.3. The summed E-state index contributed by atoms with van der Waals surface area (Å²) in [6, 6.07) is 43.8. The van der Waals surface area contributed by atoms with Crippen LogP contribution in [0.3, 0.4) is 0 Å².